The Bertz CT molecular complexity index is 1120. The zero-order chi connectivity index (χ0) is 29.3. The molecular formula is C32H46O9. The van der Waals surface area contributed by atoms with E-state index in [2.05, 4.69) is 13.8 Å². The summed E-state index contributed by atoms with van der Waals surface area (Å²) in [5.74, 6) is -0.0666. The zero-order valence-electron chi connectivity index (χ0n) is 25.1. The van der Waals surface area contributed by atoms with Gasteiger partial charge in [0.15, 0.2) is 12.1 Å². The average Bonchev–Trinajstić information content (AvgIpc) is 3.42. The number of Topliss-reactive ketones (excluding diaryl/α,β-unsaturated/α-hetero) is 1. The molecule has 0 aromatic rings. The lowest BCUT2D eigenvalue weighted by Crippen LogP contribution is -2.62. The SMILES string of the molecule is COC1C[C@H](O[C@H]2CC[C@]3(C)C4CC[C@]5(C)[C@@H](C6=CC(=O)OC6)[C@@H](OC(C)=O)C[C@]5(O)[C@@H]4CC[C@@H]3C2)OC(C)C1=O. The molecule has 0 bridgehead atoms. The Morgan fingerprint density at radius 3 is 2.54 bits per heavy atom. The summed E-state index contributed by atoms with van der Waals surface area (Å²) < 4.78 is 28.9. The van der Waals surface area contributed by atoms with Crippen LogP contribution in [0.3, 0.4) is 0 Å². The zero-order valence-corrected chi connectivity index (χ0v) is 25.1. The van der Waals surface area contributed by atoms with Gasteiger partial charge >= 0.3 is 11.9 Å². The summed E-state index contributed by atoms with van der Waals surface area (Å²) in [5, 5.41) is 12.7. The Kier molecular flexibility index (Phi) is 7.44. The quantitative estimate of drug-likeness (QED) is 0.385. The summed E-state index contributed by atoms with van der Waals surface area (Å²) in [7, 11) is 1.56. The van der Waals surface area contributed by atoms with Crippen LogP contribution < -0.4 is 0 Å². The molecule has 2 heterocycles. The molecular weight excluding hydrogens is 528 g/mol. The number of rotatable bonds is 5. The van der Waals surface area contributed by atoms with Crippen LogP contribution in [0.25, 0.3) is 0 Å². The van der Waals surface area contributed by atoms with Crippen LogP contribution in [0, 0.1) is 34.5 Å². The number of carbonyl (C=O) groups is 3. The Balaban J connectivity index is 1.20. The third kappa shape index (κ3) is 4.61. The van der Waals surface area contributed by atoms with Gasteiger partial charge in [-0.25, -0.2) is 4.79 Å². The molecule has 4 aliphatic carbocycles. The van der Waals surface area contributed by atoms with Crippen molar-refractivity contribution in [2.24, 2.45) is 34.5 Å². The number of carbonyl (C=O) groups excluding carboxylic acids is 3. The second-order valence-corrected chi connectivity index (χ2v) is 14.1. The van der Waals surface area contributed by atoms with Crippen LogP contribution in [0.4, 0.5) is 0 Å². The predicted molar refractivity (Wildman–Crippen MR) is 146 cm³/mol. The van der Waals surface area contributed by atoms with Crippen molar-refractivity contribution in [2.45, 2.75) is 122 Å². The van der Waals surface area contributed by atoms with Crippen molar-refractivity contribution in [1.82, 2.24) is 0 Å². The van der Waals surface area contributed by atoms with Crippen LogP contribution in [0.2, 0.25) is 0 Å². The number of aliphatic hydroxyl groups is 1. The van der Waals surface area contributed by atoms with Gasteiger partial charge in [0.05, 0.1) is 11.7 Å². The fraction of sp³-hybridized carbons (Fsp3) is 0.844. The Morgan fingerprint density at radius 1 is 1.07 bits per heavy atom. The average molecular weight is 575 g/mol. The van der Waals surface area contributed by atoms with Gasteiger partial charge < -0.3 is 28.8 Å². The maximum Gasteiger partial charge on any atom is 0.331 e. The third-order valence-electron chi connectivity index (χ3n) is 12.3. The van der Waals surface area contributed by atoms with Crippen LogP contribution in [0.5, 0.6) is 0 Å². The Morgan fingerprint density at radius 2 is 1.85 bits per heavy atom. The number of hydrogen-bond donors (Lipinski definition) is 1. The van der Waals surface area contributed by atoms with Crippen LogP contribution in [0.1, 0.15) is 85.5 Å². The van der Waals surface area contributed by atoms with Crippen molar-refractivity contribution in [3.05, 3.63) is 11.6 Å². The van der Waals surface area contributed by atoms with Crippen molar-refractivity contribution in [2.75, 3.05) is 13.7 Å². The number of hydrogen-bond acceptors (Lipinski definition) is 9. The van der Waals surface area contributed by atoms with E-state index in [1.54, 1.807) is 20.1 Å². The van der Waals surface area contributed by atoms with Crippen molar-refractivity contribution < 1.29 is 43.2 Å². The molecule has 41 heavy (non-hydrogen) atoms. The fourth-order valence-electron chi connectivity index (χ4n) is 10.3. The predicted octanol–water partition coefficient (Wildman–Crippen LogP) is 3.89. The number of fused-ring (bicyclic) bond motifs is 5. The molecule has 6 aliphatic rings. The second kappa shape index (κ2) is 10.4. The van der Waals surface area contributed by atoms with Crippen molar-refractivity contribution in [3.63, 3.8) is 0 Å². The molecule has 5 fully saturated rings. The molecule has 9 heteroatoms. The number of ketones is 1. The monoisotopic (exact) mass is 574 g/mol. The summed E-state index contributed by atoms with van der Waals surface area (Å²) in [4.78, 5) is 36.4. The van der Waals surface area contributed by atoms with E-state index in [1.165, 1.54) is 6.92 Å². The van der Waals surface area contributed by atoms with Gasteiger partial charge in [-0.05, 0) is 80.6 Å². The first-order valence-electron chi connectivity index (χ1n) is 15.5. The third-order valence-corrected chi connectivity index (χ3v) is 12.3. The summed E-state index contributed by atoms with van der Waals surface area (Å²) in [5.41, 5.74) is -0.594. The Labute approximate surface area is 242 Å². The van der Waals surface area contributed by atoms with Gasteiger partial charge in [-0.2, -0.15) is 0 Å². The van der Waals surface area contributed by atoms with E-state index in [0.29, 0.717) is 24.7 Å². The molecule has 0 aromatic heterocycles. The second-order valence-electron chi connectivity index (χ2n) is 14.1. The van der Waals surface area contributed by atoms with Gasteiger partial charge in [0.1, 0.15) is 24.9 Å². The minimum atomic E-state index is -0.998. The lowest BCUT2D eigenvalue weighted by Gasteiger charge is -2.63. The highest BCUT2D eigenvalue weighted by molar-refractivity contribution is 5.87. The highest BCUT2D eigenvalue weighted by Crippen LogP contribution is 2.70. The van der Waals surface area contributed by atoms with Crippen LogP contribution in [-0.2, 0) is 38.1 Å². The summed E-state index contributed by atoms with van der Waals surface area (Å²) in [6, 6.07) is 0. The van der Waals surface area contributed by atoms with Gasteiger partial charge in [-0.1, -0.05) is 13.8 Å². The van der Waals surface area contributed by atoms with Gasteiger partial charge in [-0.3, -0.25) is 9.59 Å². The van der Waals surface area contributed by atoms with Crippen molar-refractivity contribution in [3.8, 4) is 0 Å². The lowest BCUT2D eigenvalue weighted by atomic mass is 9.43. The number of esters is 2. The molecule has 0 radical (unpaired) electrons. The topological polar surface area (TPSA) is 118 Å². The molecule has 2 aliphatic heterocycles. The molecule has 1 saturated heterocycles. The lowest BCUT2D eigenvalue weighted by molar-refractivity contribution is -0.244. The minimum Gasteiger partial charge on any atom is -0.462 e. The summed E-state index contributed by atoms with van der Waals surface area (Å²) in [6.07, 6.45) is 7.08. The first-order chi connectivity index (χ1) is 19.4. The van der Waals surface area contributed by atoms with Crippen LogP contribution in [-0.4, -0.2) is 72.9 Å². The number of methoxy groups -OCH3 is 1. The van der Waals surface area contributed by atoms with E-state index in [9.17, 15) is 19.5 Å². The number of ether oxygens (including phenoxy) is 5. The molecule has 0 aromatic carbocycles. The first kappa shape index (κ1) is 29.3. The van der Waals surface area contributed by atoms with E-state index >= 15 is 0 Å². The highest BCUT2D eigenvalue weighted by atomic mass is 16.7. The van der Waals surface area contributed by atoms with E-state index in [0.717, 1.165) is 50.5 Å². The molecule has 0 spiro atoms. The highest BCUT2D eigenvalue weighted by Gasteiger charge is 2.71. The maximum absolute atomic E-state index is 12.7. The smallest absolute Gasteiger partial charge is 0.331 e. The number of cyclic esters (lactones) is 1. The van der Waals surface area contributed by atoms with E-state index in [1.807, 2.05) is 0 Å². The first-order valence-corrected chi connectivity index (χ1v) is 15.5. The van der Waals surface area contributed by atoms with Crippen molar-refractivity contribution in [1.29, 1.82) is 0 Å². The largest absolute Gasteiger partial charge is 0.462 e. The maximum atomic E-state index is 12.7. The molecule has 228 valence electrons. The molecule has 9 nitrogen and oxygen atoms in total. The van der Waals surface area contributed by atoms with E-state index in [4.69, 9.17) is 23.7 Å². The van der Waals surface area contributed by atoms with Gasteiger partial charge in [0.2, 0.25) is 0 Å². The van der Waals surface area contributed by atoms with Crippen LogP contribution >= 0.6 is 0 Å². The van der Waals surface area contributed by atoms with E-state index in [-0.39, 0.29) is 47.7 Å². The summed E-state index contributed by atoms with van der Waals surface area (Å²) >= 11 is 0. The summed E-state index contributed by atoms with van der Waals surface area (Å²) in [6.45, 7) is 7.93. The standard InChI is InChI=1S/C32H46O9/c1-17-29(35)24(37-5)14-27(39-17)41-21-8-10-30(3)20(13-21)6-7-23-22(30)9-11-31(4)28(19-12-26(34)38-16-19)25(40-18(2)33)15-32(23,31)36/h12,17,20-25,27-28,36H,6-11,13-16H2,1-5H3/t17?,20-,21+,22?,23-,24?,25+,27+,28+,30+,31-,32+/m1/s1. The van der Waals surface area contributed by atoms with Gasteiger partial charge in [0.25, 0.3) is 0 Å². The normalized spacial score (nSPS) is 49.4. The molecule has 6 rings (SSSR count). The fourth-order valence-corrected chi connectivity index (χ4v) is 10.3. The molecule has 3 unspecified atom stereocenters. The molecule has 4 saturated carbocycles. The van der Waals surface area contributed by atoms with Crippen molar-refractivity contribution >= 4 is 17.7 Å². The van der Waals surface area contributed by atoms with Crippen LogP contribution in [0.15, 0.2) is 11.6 Å². The van der Waals surface area contributed by atoms with Gasteiger partial charge in [0, 0.05) is 44.3 Å². The molecule has 12 atom stereocenters. The molecule has 0 amide bonds. The van der Waals surface area contributed by atoms with Gasteiger partial charge in [-0.15, -0.1) is 0 Å². The Hall–Kier alpha value is -1.81. The molecule has 1 N–H and O–H groups in total. The van der Waals surface area contributed by atoms with E-state index < -0.39 is 35.6 Å². The minimum absolute atomic E-state index is 0.0300.